The lowest BCUT2D eigenvalue weighted by Crippen LogP contribution is -2.43. The van der Waals surface area contributed by atoms with E-state index in [1.165, 1.54) is 36.9 Å². The Morgan fingerprint density at radius 2 is 1.02 bits per heavy atom. The molecule has 5 rings (SSSR count). The van der Waals surface area contributed by atoms with Crippen LogP contribution in [0.4, 0.5) is 13.2 Å². The number of rotatable bonds is 10. The summed E-state index contributed by atoms with van der Waals surface area (Å²) < 4.78 is 41.7. The average molecular weight is 754 g/mol. The predicted octanol–water partition coefficient (Wildman–Crippen LogP) is 8.42. The van der Waals surface area contributed by atoms with Crippen molar-refractivity contribution in [3.63, 3.8) is 0 Å². The van der Waals surface area contributed by atoms with Crippen LogP contribution in [-0.4, -0.2) is 46.5 Å². The molecule has 0 amide bonds. The zero-order valence-electron chi connectivity index (χ0n) is 28.6. The van der Waals surface area contributed by atoms with E-state index in [9.17, 15) is 23.4 Å². The Morgan fingerprint density at radius 1 is 0.600 bits per heavy atom. The highest BCUT2D eigenvalue weighted by Crippen LogP contribution is 2.47. The summed E-state index contributed by atoms with van der Waals surface area (Å²) in [6.07, 6.45) is 9.27. The summed E-state index contributed by atoms with van der Waals surface area (Å²) in [5, 5.41) is 23.1. The SMILES string of the molecule is CCC(C)(C)C(O)(c1cncnc1)c1ccc(-c2ccc(OC(F)(F)F)cc2)cn1.CCC(C)(C)C(O)(c1cncnc1)c1ccc(Br)cn1. The third kappa shape index (κ3) is 8.17. The van der Waals surface area contributed by atoms with Crippen LogP contribution in [0.15, 0.2) is 103 Å². The van der Waals surface area contributed by atoms with E-state index in [1.807, 2.05) is 53.7 Å². The van der Waals surface area contributed by atoms with Crippen LogP contribution in [0.2, 0.25) is 0 Å². The van der Waals surface area contributed by atoms with E-state index in [0.717, 1.165) is 10.9 Å². The number of halogens is 4. The van der Waals surface area contributed by atoms with Crippen LogP contribution in [-0.2, 0) is 11.2 Å². The third-order valence-electron chi connectivity index (χ3n) is 9.34. The number of aromatic nitrogens is 6. The van der Waals surface area contributed by atoms with Gasteiger partial charge in [0.05, 0.1) is 11.4 Å². The van der Waals surface area contributed by atoms with E-state index >= 15 is 0 Å². The molecule has 264 valence electrons. The molecule has 4 heterocycles. The molecule has 0 fully saturated rings. The Bertz CT molecular complexity index is 1810. The second-order valence-corrected chi connectivity index (χ2v) is 13.9. The van der Waals surface area contributed by atoms with Gasteiger partial charge in [-0.15, -0.1) is 13.2 Å². The van der Waals surface area contributed by atoms with Gasteiger partial charge in [0.25, 0.3) is 0 Å². The van der Waals surface area contributed by atoms with E-state index < -0.39 is 28.4 Å². The second kappa shape index (κ2) is 15.3. The molecule has 2 N–H and O–H groups in total. The third-order valence-corrected chi connectivity index (χ3v) is 9.81. The first kappa shape index (κ1) is 38.5. The fourth-order valence-electron chi connectivity index (χ4n) is 5.47. The molecular formula is C37H40BrF3N6O3. The summed E-state index contributed by atoms with van der Waals surface area (Å²) in [7, 11) is 0. The van der Waals surface area contributed by atoms with Crippen molar-refractivity contribution in [3.8, 4) is 16.9 Å². The van der Waals surface area contributed by atoms with Crippen molar-refractivity contribution < 1.29 is 28.1 Å². The molecule has 2 atom stereocenters. The maximum absolute atomic E-state index is 12.3. The van der Waals surface area contributed by atoms with E-state index in [-0.39, 0.29) is 5.75 Å². The molecule has 2 unspecified atom stereocenters. The Labute approximate surface area is 298 Å². The number of nitrogens with zero attached hydrogens (tertiary/aromatic N) is 6. The van der Waals surface area contributed by atoms with Gasteiger partial charge in [-0.1, -0.05) is 59.7 Å². The molecule has 4 aromatic heterocycles. The van der Waals surface area contributed by atoms with Gasteiger partial charge in [0, 0.05) is 69.2 Å². The van der Waals surface area contributed by atoms with Gasteiger partial charge in [-0.2, -0.15) is 0 Å². The number of hydrogen-bond donors (Lipinski definition) is 2. The highest BCUT2D eigenvalue weighted by molar-refractivity contribution is 9.10. The van der Waals surface area contributed by atoms with Crippen molar-refractivity contribution in [2.75, 3.05) is 0 Å². The van der Waals surface area contributed by atoms with Crippen molar-refractivity contribution in [2.24, 2.45) is 10.8 Å². The van der Waals surface area contributed by atoms with Gasteiger partial charge >= 0.3 is 6.36 Å². The number of alkyl halides is 3. The maximum atomic E-state index is 12.3. The fraction of sp³-hybridized carbons (Fsp3) is 0.351. The molecule has 9 nitrogen and oxygen atoms in total. The monoisotopic (exact) mass is 752 g/mol. The Balaban J connectivity index is 0.000000244. The molecule has 0 radical (unpaired) electrons. The zero-order valence-corrected chi connectivity index (χ0v) is 30.2. The molecule has 0 saturated heterocycles. The predicted molar refractivity (Wildman–Crippen MR) is 186 cm³/mol. The Morgan fingerprint density at radius 3 is 1.38 bits per heavy atom. The topological polar surface area (TPSA) is 127 Å². The van der Waals surface area contributed by atoms with Crippen LogP contribution in [0.1, 0.15) is 76.9 Å². The molecule has 0 spiro atoms. The second-order valence-electron chi connectivity index (χ2n) is 13.0. The first-order chi connectivity index (χ1) is 23.5. The Kier molecular flexibility index (Phi) is 11.8. The van der Waals surface area contributed by atoms with E-state index in [2.05, 4.69) is 50.6 Å². The minimum Gasteiger partial charge on any atom is -0.406 e. The van der Waals surface area contributed by atoms with Gasteiger partial charge in [0.2, 0.25) is 0 Å². The highest BCUT2D eigenvalue weighted by Gasteiger charge is 2.48. The molecule has 13 heteroatoms. The first-order valence-corrected chi connectivity index (χ1v) is 16.7. The van der Waals surface area contributed by atoms with Gasteiger partial charge < -0.3 is 14.9 Å². The molecule has 0 bridgehead atoms. The standard InChI is InChI=1S/C22H22F3N3O2.C15H18BrN3O/c1-4-20(2,3)21(29,17-12-26-14-27-13-17)19-10-7-16(11-28-19)15-5-8-18(9-6-15)30-22(23,24)25;1-4-14(2,3)15(20,11-7-17-10-18-8-11)13-6-5-12(16)9-19-13/h5-14,29H,4H2,1-3H3;5-10,20H,4H2,1-3H3. The lowest BCUT2D eigenvalue weighted by Gasteiger charge is -2.41. The highest BCUT2D eigenvalue weighted by atomic mass is 79.9. The van der Waals surface area contributed by atoms with E-state index in [0.29, 0.717) is 40.1 Å². The van der Waals surface area contributed by atoms with Crippen molar-refractivity contribution >= 4 is 15.9 Å². The first-order valence-electron chi connectivity index (χ1n) is 15.9. The number of ether oxygens (including phenoxy) is 1. The Hall–Kier alpha value is -4.33. The molecule has 0 aliphatic heterocycles. The smallest absolute Gasteiger partial charge is 0.406 e. The number of benzene rings is 1. The summed E-state index contributed by atoms with van der Waals surface area (Å²) in [4.78, 5) is 25.0. The number of pyridine rings is 2. The van der Waals surface area contributed by atoms with Crippen molar-refractivity contribution in [1.82, 2.24) is 29.9 Å². The minimum atomic E-state index is -4.73. The summed E-state index contributed by atoms with van der Waals surface area (Å²) in [5.74, 6) is -0.293. The van der Waals surface area contributed by atoms with Gasteiger partial charge in [-0.3, -0.25) is 9.97 Å². The van der Waals surface area contributed by atoms with Crippen LogP contribution < -0.4 is 4.74 Å². The number of aliphatic hydroxyl groups is 2. The van der Waals surface area contributed by atoms with Crippen LogP contribution in [0, 0.1) is 10.8 Å². The molecule has 5 aromatic rings. The summed E-state index contributed by atoms with van der Waals surface area (Å²) in [5.41, 5.74) is -0.0420. The van der Waals surface area contributed by atoms with Crippen molar-refractivity contribution in [3.05, 3.63) is 125 Å². The van der Waals surface area contributed by atoms with Crippen LogP contribution >= 0.6 is 15.9 Å². The van der Waals surface area contributed by atoms with Gasteiger partial charge in [-0.05, 0) is 64.7 Å². The van der Waals surface area contributed by atoms with Crippen LogP contribution in [0.25, 0.3) is 11.1 Å². The molecule has 1 aromatic carbocycles. The largest absolute Gasteiger partial charge is 0.573 e. The summed E-state index contributed by atoms with van der Waals surface area (Å²) >= 11 is 3.37. The zero-order chi connectivity index (χ0) is 36.8. The van der Waals surface area contributed by atoms with Crippen LogP contribution in [0.3, 0.4) is 0 Å². The van der Waals surface area contributed by atoms with Gasteiger partial charge in [0.1, 0.15) is 29.6 Å². The van der Waals surface area contributed by atoms with Gasteiger partial charge in [-0.25, -0.2) is 19.9 Å². The van der Waals surface area contributed by atoms with Crippen molar-refractivity contribution in [1.29, 1.82) is 0 Å². The molecule has 0 aliphatic rings. The molecule has 0 saturated carbocycles. The normalized spacial score (nSPS) is 14.5. The van der Waals surface area contributed by atoms with E-state index in [1.54, 1.807) is 49.3 Å². The lowest BCUT2D eigenvalue weighted by atomic mass is 9.68. The van der Waals surface area contributed by atoms with Crippen LogP contribution in [0.5, 0.6) is 5.75 Å². The number of hydrogen-bond acceptors (Lipinski definition) is 9. The molecule has 0 aliphatic carbocycles. The maximum Gasteiger partial charge on any atom is 0.573 e. The average Bonchev–Trinajstić information content (AvgIpc) is 3.12. The molecular weight excluding hydrogens is 713 g/mol. The minimum absolute atomic E-state index is 0.293. The molecule has 50 heavy (non-hydrogen) atoms. The van der Waals surface area contributed by atoms with E-state index in [4.69, 9.17) is 0 Å². The van der Waals surface area contributed by atoms with Crippen molar-refractivity contribution in [2.45, 2.75) is 71.9 Å². The quantitative estimate of drug-likeness (QED) is 0.145. The van der Waals surface area contributed by atoms with Gasteiger partial charge in [0.15, 0.2) is 0 Å². The lowest BCUT2D eigenvalue weighted by molar-refractivity contribution is -0.274. The fourth-order valence-corrected chi connectivity index (χ4v) is 5.71. The summed E-state index contributed by atoms with van der Waals surface area (Å²) in [6.45, 7) is 11.9. The summed E-state index contributed by atoms with van der Waals surface area (Å²) in [6, 6.07) is 12.7.